The number of Topliss-reactive ketones (excluding diaryl/α,β-unsaturated/α-hetero) is 2. The Balaban J connectivity index is 1.36. The predicted octanol–water partition coefficient (Wildman–Crippen LogP) is 9.86. The Kier molecular flexibility index (Phi) is 6.94. The molecular formula is C42H46N2O2. The molecule has 4 heteroatoms. The van der Waals surface area contributed by atoms with Gasteiger partial charge in [-0.25, -0.2) is 0 Å². The van der Waals surface area contributed by atoms with E-state index in [1.54, 1.807) is 0 Å². The van der Waals surface area contributed by atoms with E-state index in [-0.39, 0.29) is 28.3 Å². The molecule has 1 saturated carbocycles. The van der Waals surface area contributed by atoms with Gasteiger partial charge in [0.1, 0.15) is 0 Å². The minimum atomic E-state index is -0.323. The molecule has 1 fully saturated rings. The minimum Gasteiger partial charge on any atom is -0.345 e. The second-order valence-corrected chi connectivity index (χ2v) is 16.1. The molecule has 0 unspecified atom stereocenters. The molecule has 3 aromatic carbocycles. The molecule has 1 aromatic heterocycles. The van der Waals surface area contributed by atoms with E-state index in [9.17, 15) is 9.59 Å². The average Bonchev–Trinajstić information content (AvgIpc) is 3.37. The van der Waals surface area contributed by atoms with Gasteiger partial charge in [-0.15, -0.1) is 0 Å². The Morgan fingerprint density at radius 3 is 1.93 bits per heavy atom. The molecule has 0 N–H and O–H groups in total. The highest BCUT2D eigenvalue weighted by Gasteiger charge is 2.50. The van der Waals surface area contributed by atoms with E-state index in [2.05, 4.69) is 110 Å². The lowest BCUT2D eigenvalue weighted by Gasteiger charge is -2.52. The van der Waals surface area contributed by atoms with Crippen molar-refractivity contribution in [2.75, 3.05) is 0 Å². The molecule has 0 amide bonds. The summed E-state index contributed by atoms with van der Waals surface area (Å²) in [7, 11) is 0. The number of nitrogens with zero attached hydrogens (tertiary/aromatic N) is 2. The molecule has 3 aliphatic carbocycles. The SMILES string of the molecule is CC1(C)CC(=O)C2=C(C1)N(C1CCCCC1)C1=C(C(=O)CC(C)(C)C1)C2c1cn(Cc2cccc3ccccc23)c2ccccc12. The van der Waals surface area contributed by atoms with Gasteiger partial charge >= 0.3 is 0 Å². The van der Waals surface area contributed by atoms with Crippen LogP contribution in [-0.2, 0) is 16.1 Å². The van der Waals surface area contributed by atoms with Crippen molar-refractivity contribution in [3.05, 3.63) is 107 Å². The van der Waals surface area contributed by atoms with Crippen molar-refractivity contribution in [1.82, 2.24) is 9.47 Å². The highest BCUT2D eigenvalue weighted by atomic mass is 16.1. The summed E-state index contributed by atoms with van der Waals surface area (Å²) in [6.45, 7) is 9.72. The van der Waals surface area contributed by atoms with Crippen LogP contribution in [0.3, 0.4) is 0 Å². The molecule has 0 bridgehead atoms. The Labute approximate surface area is 273 Å². The van der Waals surface area contributed by atoms with Crippen LogP contribution in [0.4, 0.5) is 0 Å². The van der Waals surface area contributed by atoms with E-state index >= 15 is 0 Å². The van der Waals surface area contributed by atoms with Crippen molar-refractivity contribution in [1.29, 1.82) is 0 Å². The third-order valence-electron chi connectivity index (χ3n) is 11.2. The number of carbonyl (C=O) groups excluding carboxylic acids is 2. The van der Waals surface area contributed by atoms with Crippen LogP contribution in [0.1, 0.15) is 103 Å². The van der Waals surface area contributed by atoms with Crippen molar-refractivity contribution in [2.45, 2.75) is 104 Å². The van der Waals surface area contributed by atoms with Gasteiger partial charge in [0.05, 0.1) is 0 Å². The van der Waals surface area contributed by atoms with Crippen molar-refractivity contribution < 1.29 is 9.59 Å². The van der Waals surface area contributed by atoms with E-state index in [1.807, 2.05) is 0 Å². The minimum absolute atomic E-state index is 0.109. The van der Waals surface area contributed by atoms with Gasteiger partial charge in [-0.3, -0.25) is 9.59 Å². The summed E-state index contributed by atoms with van der Waals surface area (Å²) in [5, 5.41) is 3.64. The lowest BCUT2D eigenvalue weighted by molar-refractivity contribution is -0.119. The van der Waals surface area contributed by atoms with Gasteiger partial charge < -0.3 is 9.47 Å². The molecule has 8 rings (SSSR count). The van der Waals surface area contributed by atoms with Crippen molar-refractivity contribution >= 4 is 33.2 Å². The average molecular weight is 611 g/mol. The van der Waals surface area contributed by atoms with E-state index in [0.717, 1.165) is 59.8 Å². The van der Waals surface area contributed by atoms with Crippen LogP contribution >= 0.6 is 0 Å². The van der Waals surface area contributed by atoms with E-state index < -0.39 is 0 Å². The van der Waals surface area contributed by atoms with Gasteiger partial charge in [0.15, 0.2) is 11.6 Å². The fourth-order valence-electron chi connectivity index (χ4n) is 9.34. The third kappa shape index (κ3) is 4.87. The van der Waals surface area contributed by atoms with Crippen LogP contribution in [-0.4, -0.2) is 27.1 Å². The Bertz CT molecular complexity index is 1900. The van der Waals surface area contributed by atoms with E-state index in [1.165, 1.54) is 47.0 Å². The van der Waals surface area contributed by atoms with Gasteiger partial charge in [0.2, 0.25) is 0 Å². The first-order valence-electron chi connectivity index (χ1n) is 17.5. The number of para-hydroxylation sites is 1. The number of carbonyl (C=O) groups is 2. The smallest absolute Gasteiger partial charge is 0.162 e. The van der Waals surface area contributed by atoms with Gasteiger partial charge in [0, 0.05) is 71.0 Å². The first kappa shape index (κ1) is 29.5. The van der Waals surface area contributed by atoms with E-state index in [4.69, 9.17) is 0 Å². The number of hydrogen-bond acceptors (Lipinski definition) is 3. The maximum Gasteiger partial charge on any atom is 0.162 e. The summed E-state index contributed by atoms with van der Waals surface area (Å²) in [5.74, 6) is 0.134. The van der Waals surface area contributed by atoms with E-state index in [0.29, 0.717) is 18.9 Å². The zero-order valence-corrected chi connectivity index (χ0v) is 27.9. The quantitative estimate of drug-likeness (QED) is 0.231. The zero-order chi connectivity index (χ0) is 31.8. The van der Waals surface area contributed by atoms with Gasteiger partial charge in [0.25, 0.3) is 0 Å². The summed E-state index contributed by atoms with van der Waals surface area (Å²) in [4.78, 5) is 31.6. The lowest BCUT2D eigenvalue weighted by atomic mass is 9.63. The van der Waals surface area contributed by atoms with Crippen LogP contribution in [0, 0.1) is 10.8 Å². The fourth-order valence-corrected chi connectivity index (χ4v) is 9.34. The topological polar surface area (TPSA) is 42.3 Å². The van der Waals surface area contributed by atoms with Crippen LogP contribution < -0.4 is 0 Å². The molecular weight excluding hydrogens is 564 g/mol. The molecule has 0 radical (unpaired) electrons. The molecule has 0 atom stereocenters. The number of rotatable bonds is 4. The highest BCUT2D eigenvalue weighted by molar-refractivity contribution is 6.08. The Morgan fingerprint density at radius 2 is 1.26 bits per heavy atom. The van der Waals surface area contributed by atoms with Crippen LogP contribution in [0.2, 0.25) is 0 Å². The number of aromatic nitrogens is 1. The number of benzene rings is 3. The van der Waals surface area contributed by atoms with Crippen LogP contribution in [0.25, 0.3) is 21.7 Å². The highest BCUT2D eigenvalue weighted by Crippen LogP contribution is 2.56. The summed E-state index contributed by atoms with van der Waals surface area (Å²) < 4.78 is 2.36. The molecule has 0 saturated heterocycles. The maximum atomic E-state index is 14.5. The molecule has 46 heavy (non-hydrogen) atoms. The van der Waals surface area contributed by atoms with Crippen molar-refractivity contribution in [2.24, 2.45) is 10.8 Å². The Morgan fingerprint density at radius 1 is 0.674 bits per heavy atom. The first-order valence-corrected chi connectivity index (χ1v) is 17.5. The summed E-state index contributed by atoms with van der Waals surface area (Å²) in [6.07, 6.45) is 11.0. The van der Waals surface area contributed by atoms with Crippen molar-refractivity contribution in [3.63, 3.8) is 0 Å². The van der Waals surface area contributed by atoms with Gasteiger partial charge in [-0.1, -0.05) is 108 Å². The molecule has 4 nitrogen and oxygen atoms in total. The molecule has 2 heterocycles. The number of fused-ring (bicyclic) bond motifs is 2. The van der Waals surface area contributed by atoms with Crippen LogP contribution in [0.5, 0.6) is 0 Å². The maximum absolute atomic E-state index is 14.5. The normalized spacial score (nSPS) is 22.1. The second-order valence-electron chi connectivity index (χ2n) is 16.1. The number of ketones is 2. The predicted molar refractivity (Wildman–Crippen MR) is 187 cm³/mol. The van der Waals surface area contributed by atoms with Crippen LogP contribution in [0.15, 0.2) is 95.5 Å². The molecule has 236 valence electrons. The largest absolute Gasteiger partial charge is 0.345 e. The monoisotopic (exact) mass is 610 g/mol. The fraction of sp³-hybridized carbons (Fsp3) is 0.429. The first-order chi connectivity index (χ1) is 22.1. The lowest BCUT2D eigenvalue weighted by Crippen LogP contribution is -2.48. The molecule has 0 spiro atoms. The molecule has 4 aromatic rings. The Hall–Kier alpha value is -3.92. The summed E-state index contributed by atoms with van der Waals surface area (Å²) >= 11 is 0. The number of hydrogen-bond donors (Lipinski definition) is 0. The zero-order valence-electron chi connectivity index (χ0n) is 27.9. The third-order valence-corrected chi connectivity index (χ3v) is 11.2. The van der Waals surface area contributed by atoms with Gasteiger partial charge in [-0.05, 0) is 64.5 Å². The standard InChI is InChI=1S/C42H46N2O2/c1-41(2)21-34-39(36(45)23-41)38(40-35(22-42(3,4)24-37(40)46)44(34)29-16-6-5-7-17-29)32-26-43(33-20-11-10-19-31(32)33)25-28-15-12-14-27-13-8-9-18-30(27)28/h8-15,18-20,26,29,38H,5-7,16-17,21-25H2,1-4H3. The summed E-state index contributed by atoms with van der Waals surface area (Å²) in [5.41, 5.74) is 7.56. The second kappa shape index (κ2) is 10.8. The number of allylic oxidation sites excluding steroid dienone is 4. The van der Waals surface area contributed by atoms with Crippen molar-refractivity contribution in [3.8, 4) is 0 Å². The molecule has 1 aliphatic heterocycles. The molecule has 4 aliphatic rings. The van der Waals surface area contributed by atoms with Gasteiger partial charge in [-0.2, -0.15) is 0 Å². The summed E-state index contributed by atoms with van der Waals surface area (Å²) in [6, 6.07) is 24.1.